The zero-order valence-corrected chi connectivity index (χ0v) is 25.5. The maximum atomic E-state index is 13.9. The number of nitrogens with zero attached hydrogens (tertiary/aromatic N) is 2. The molecule has 4 bridgehead atoms. The summed E-state index contributed by atoms with van der Waals surface area (Å²) in [6, 6.07) is 17.7. The molecule has 0 saturated heterocycles. The van der Waals surface area contributed by atoms with E-state index < -0.39 is 17.5 Å². The van der Waals surface area contributed by atoms with Crippen molar-refractivity contribution in [2.75, 3.05) is 0 Å². The van der Waals surface area contributed by atoms with Crippen molar-refractivity contribution in [1.29, 1.82) is 0 Å². The highest BCUT2D eigenvalue weighted by Crippen LogP contribution is 2.61. The molecule has 4 saturated carbocycles. The van der Waals surface area contributed by atoms with Crippen LogP contribution in [0.25, 0.3) is 11.4 Å². The zero-order chi connectivity index (χ0) is 29.5. The van der Waals surface area contributed by atoms with Gasteiger partial charge in [-0.25, -0.2) is 9.78 Å². The van der Waals surface area contributed by atoms with Gasteiger partial charge in [0, 0.05) is 5.56 Å². The minimum atomic E-state index is -0.643. The molecule has 7 rings (SSSR count). The molecule has 0 atom stereocenters. The lowest BCUT2D eigenvalue weighted by atomic mass is 9.48. The van der Waals surface area contributed by atoms with Crippen molar-refractivity contribution in [3.05, 3.63) is 77.1 Å². The Hall–Kier alpha value is -3.41. The first-order chi connectivity index (χ1) is 20.1. The van der Waals surface area contributed by atoms with Gasteiger partial charge < -0.3 is 14.0 Å². The first-order valence-corrected chi connectivity index (χ1v) is 15.7. The number of aryl methyl sites for hydroxylation is 2. The fourth-order valence-electron chi connectivity index (χ4n) is 8.36. The molecule has 3 aromatic rings. The number of carbonyl (C=O) groups is 2. The van der Waals surface area contributed by atoms with Crippen LogP contribution < -0.4 is 0 Å². The molecule has 4 aliphatic carbocycles. The molecule has 0 spiro atoms. The third-order valence-electron chi connectivity index (χ3n) is 9.60. The summed E-state index contributed by atoms with van der Waals surface area (Å²) in [5, 5.41) is 0. The van der Waals surface area contributed by atoms with E-state index in [0.717, 1.165) is 46.6 Å². The van der Waals surface area contributed by atoms with Crippen molar-refractivity contribution in [2.24, 2.45) is 23.2 Å². The average Bonchev–Trinajstić information content (AvgIpc) is 3.27. The summed E-state index contributed by atoms with van der Waals surface area (Å²) in [4.78, 5) is 32.3. The van der Waals surface area contributed by atoms with E-state index in [9.17, 15) is 9.59 Å². The fraction of sp³-hybridized carbons (Fsp3) is 0.528. The van der Waals surface area contributed by atoms with Crippen LogP contribution in [-0.4, -0.2) is 27.1 Å². The predicted octanol–water partition coefficient (Wildman–Crippen LogP) is 7.71. The summed E-state index contributed by atoms with van der Waals surface area (Å²) in [5.74, 6) is 2.34. The normalized spacial score (nSPS) is 24.5. The first-order valence-electron chi connectivity index (χ1n) is 15.7. The molecule has 2 aromatic carbocycles. The van der Waals surface area contributed by atoms with Crippen molar-refractivity contribution in [1.82, 2.24) is 9.55 Å². The lowest BCUT2D eigenvalue weighted by Crippen LogP contribution is -2.46. The minimum absolute atomic E-state index is 0.110. The van der Waals surface area contributed by atoms with Crippen molar-refractivity contribution in [3.63, 3.8) is 0 Å². The number of benzene rings is 2. The largest absolute Gasteiger partial charge is 0.459 e. The molecule has 1 aromatic heterocycles. The van der Waals surface area contributed by atoms with Crippen molar-refractivity contribution in [2.45, 2.75) is 97.8 Å². The van der Waals surface area contributed by atoms with E-state index in [1.54, 1.807) is 4.57 Å². The van der Waals surface area contributed by atoms with E-state index in [1.807, 2.05) is 82.3 Å². The van der Waals surface area contributed by atoms with Gasteiger partial charge in [0.1, 0.15) is 24.6 Å². The molecule has 222 valence electrons. The highest BCUT2D eigenvalue weighted by Gasteiger charge is 2.50. The third-order valence-corrected chi connectivity index (χ3v) is 9.60. The van der Waals surface area contributed by atoms with Gasteiger partial charge in [-0.05, 0) is 113 Å². The van der Waals surface area contributed by atoms with E-state index in [4.69, 9.17) is 14.5 Å². The van der Waals surface area contributed by atoms with Gasteiger partial charge in [0.25, 0.3) is 0 Å². The highest BCUT2D eigenvalue weighted by atomic mass is 16.6. The highest BCUT2D eigenvalue weighted by molar-refractivity contribution is 5.91. The van der Waals surface area contributed by atoms with Crippen LogP contribution in [0.1, 0.15) is 93.0 Å². The third kappa shape index (κ3) is 6.18. The van der Waals surface area contributed by atoms with Gasteiger partial charge in [-0.3, -0.25) is 4.79 Å². The number of imidazole rings is 1. The second kappa shape index (κ2) is 11.3. The first kappa shape index (κ1) is 28.7. The quantitative estimate of drug-likeness (QED) is 0.247. The second-order valence-corrected chi connectivity index (χ2v) is 14.2. The Morgan fingerprint density at radius 2 is 1.55 bits per heavy atom. The Bertz CT molecular complexity index is 1410. The molecule has 1 heterocycles. The summed E-state index contributed by atoms with van der Waals surface area (Å²) >= 11 is 0. The van der Waals surface area contributed by atoms with Gasteiger partial charge in [0.2, 0.25) is 0 Å². The number of hydrogen-bond donors (Lipinski definition) is 0. The molecule has 0 unspecified atom stereocenters. The van der Waals surface area contributed by atoms with Crippen LogP contribution in [0.5, 0.6) is 0 Å². The fourth-order valence-corrected chi connectivity index (χ4v) is 8.36. The summed E-state index contributed by atoms with van der Waals surface area (Å²) in [6.07, 6.45) is 9.82. The van der Waals surface area contributed by atoms with Crippen molar-refractivity contribution >= 4 is 11.9 Å². The standard InChI is InChI=1S/C36H44N2O4/c1-24-10-8-9-13-29(24)33-37-30(14-15-36-19-26-16-27(20-36)18-28(17-26)21-36)32(38(33)22-31(39)42-35(2,3)4)34(40)41-23-25-11-6-5-7-12-25/h5-13,26-28H,14-23H2,1-4H3. The molecule has 0 aliphatic heterocycles. The number of ether oxygens (including phenoxy) is 2. The molecule has 6 heteroatoms. The molecule has 4 fully saturated rings. The van der Waals surface area contributed by atoms with Crippen LogP contribution in [0.15, 0.2) is 54.6 Å². The lowest BCUT2D eigenvalue weighted by Gasteiger charge is -2.57. The van der Waals surface area contributed by atoms with E-state index in [2.05, 4.69) is 0 Å². The molecule has 0 N–H and O–H groups in total. The number of carbonyl (C=O) groups excluding carboxylic acids is 2. The Morgan fingerprint density at radius 1 is 0.929 bits per heavy atom. The number of hydrogen-bond acceptors (Lipinski definition) is 5. The van der Waals surface area contributed by atoms with E-state index in [0.29, 0.717) is 23.4 Å². The van der Waals surface area contributed by atoms with Crippen LogP contribution >= 0.6 is 0 Å². The van der Waals surface area contributed by atoms with Crippen LogP contribution in [0.4, 0.5) is 0 Å². The van der Waals surface area contributed by atoms with Crippen LogP contribution in [0, 0.1) is 30.1 Å². The van der Waals surface area contributed by atoms with Gasteiger partial charge in [-0.15, -0.1) is 0 Å². The minimum Gasteiger partial charge on any atom is -0.459 e. The van der Waals surface area contributed by atoms with Crippen molar-refractivity contribution in [3.8, 4) is 11.4 Å². The van der Waals surface area contributed by atoms with E-state index in [-0.39, 0.29) is 13.2 Å². The van der Waals surface area contributed by atoms with Gasteiger partial charge in [-0.2, -0.15) is 0 Å². The molecule has 4 aliphatic rings. The number of aromatic nitrogens is 2. The molecule has 6 nitrogen and oxygen atoms in total. The van der Waals surface area contributed by atoms with Crippen LogP contribution in [0.2, 0.25) is 0 Å². The molecule has 0 amide bonds. The zero-order valence-electron chi connectivity index (χ0n) is 25.5. The average molecular weight is 569 g/mol. The van der Waals surface area contributed by atoms with E-state index in [1.165, 1.54) is 38.5 Å². The Balaban J connectivity index is 1.37. The Kier molecular flexibility index (Phi) is 7.75. The summed E-state index contributed by atoms with van der Waals surface area (Å²) in [7, 11) is 0. The second-order valence-electron chi connectivity index (χ2n) is 14.2. The molecular weight excluding hydrogens is 524 g/mol. The maximum absolute atomic E-state index is 13.9. The topological polar surface area (TPSA) is 70.4 Å². The molecule has 0 radical (unpaired) electrons. The van der Waals surface area contributed by atoms with Gasteiger partial charge >= 0.3 is 11.9 Å². The molecule has 42 heavy (non-hydrogen) atoms. The van der Waals surface area contributed by atoms with Crippen LogP contribution in [-0.2, 0) is 33.8 Å². The Morgan fingerprint density at radius 3 is 2.17 bits per heavy atom. The monoisotopic (exact) mass is 568 g/mol. The summed E-state index contributed by atoms with van der Waals surface area (Å²) < 4.78 is 13.4. The maximum Gasteiger partial charge on any atom is 0.357 e. The van der Waals surface area contributed by atoms with Gasteiger partial charge in [-0.1, -0.05) is 54.6 Å². The smallest absolute Gasteiger partial charge is 0.357 e. The SMILES string of the molecule is Cc1ccccc1-c1nc(CCC23CC4CC(CC(C4)C2)C3)c(C(=O)OCc2ccccc2)n1CC(=O)OC(C)(C)C. The number of rotatable bonds is 9. The molecular formula is C36H44N2O4. The van der Waals surface area contributed by atoms with Gasteiger partial charge in [0.15, 0.2) is 5.69 Å². The number of esters is 2. The van der Waals surface area contributed by atoms with Crippen molar-refractivity contribution < 1.29 is 19.1 Å². The van der Waals surface area contributed by atoms with Crippen LogP contribution in [0.3, 0.4) is 0 Å². The van der Waals surface area contributed by atoms with Gasteiger partial charge in [0.05, 0.1) is 5.69 Å². The Labute approximate surface area is 249 Å². The predicted molar refractivity (Wildman–Crippen MR) is 163 cm³/mol. The lowest BCUT2D eigenvalue weighted by molar-refractivity contribution is -0.155. The summed E-state index contributed by atoms with van der Waals surface area (Å²) in [6.45, 7) is 7.64. The summed E-state index contributed by atoms with van der Waals surface area (Å²) in [5.41, 5.74) is 3.65. The van der Waals surface area contributed by atoms with E-state index >= 15 is 0 Å².